The number of esters is 1. The van der Waals surface area contributed by atoms with Crippen molar-refractivity contribution in [2.75, 3.05) is 13.7 Å². The monoisotopic (exact) mass is 450 g/mol. The first-order valence-electron chi connectivity index (χ1n) is 10.8. The van der Waals surface area contributed by atoms with E-state index < -0.39 is 29.8 Å². The van der Waals surface area contributed by atoms with E-state index in [9.17, 15) is 14.4 Å². The molecule has 9 heteroatoms. The zero-order valence-electron chi connectivity index (χ0n) is 19.2. The minimum atomic E-state index is -0.971. The summed E-state index contributed by atoms with van der Waals surface area (Å²) in [6, 6.07) is 8.28. The van der Waals surface area contributed by atoms with Crippen LogP contribution in [0.5, 0.6) is 0 Å². The molecule has 0 spiro atoms. The van der Waals surface area contributed by atoms with Crippen molar-refractivity contribution < 1.29 is 33.3 Å². The third-order valence-electron chi connectivity index (χ3n) is 4.88. The maximum Gasteiger partial charge on any atom is 0.408 e. The van der Waals surface area contributed by atoms with E-state index in [2.05, 4.69) is 10.6 Å². The van der Waals surface area contributed by atoms with Gasteiger partial charge in [0.15, 0.2) is 6.04 Å². The van der Waals surface area contributed by atoms with Crippen LogP contribution in [0.3, 0.4) is 0 Å². The van der Waals surface area contributed by atoms with Gasteiger partial charge in [-0.3, -0.25) is 0 Å². The summed E-state index contributed by atoms with van der Waals surface area (Å²) in [7, 11) is 1.25. The predicted molar refractivity (Wildman–Crippen MR) is 117 cm³/mol. The third-order valence-corrected chi connectivity index (χ3v) is 4.88. The summed E-state index contributed by atoms with van der Waals surface area (Å²) in [6.07, 6.45) is 1.67. The Labute approximate surface area is 189 Å². The molecule has 9 nitrogen and oxygen atoms in total. The molecule has 1 aliphatic rings. The largest absolute Gasteiger partial charge is 0.467 e. The van der Waals surface area contributed by atoms with Crippen LogP contribution in [0.1, 0.15) is 52.0 Å². The van der Waals surface area contributed by atoms with Crippen LogP contribution in [0.4, 0.5) is 9.59 Å². The van der Waals surface area contributed by atoms with Gasteiger partial charge in [-0.2, -0.15) is 0 Å². The number of rotatable bonds is 8. The molecular formula is C23H34N2O7. The van der Waals surface area contributed by atoms with Crippen molar-refractivity contribution in [2.24, 2.45) is 0 Å². The summed E-state index contributed by atoms with van der Waals surface area (Å²) < 4.78 is 21.1. The van der Waals surface area contributed by atoms with Gasteiger partial charge in [0.2, 0.25) is 0 Å². The first-order chi connectivity index (χ1) is 15.2. The van der Waals surface area contributed by atoms with Crippen molar-refractivity contribution in [1.82, 2.24) is 10.6 Å². The molecule has 0 bridgehead atoms. The first kappa shape index (κ1) is 25.5. The molecule has 2 amide bonds. The molecule has 1 saturated carbocycles. The van der Waals surface area contributed by atoms with Crippen molar-refractivity contribution in [3.8, 4) is 0 Å². The Kier molecular flexibility index (Phi) is 9.77. The Balaban J connectivity index is 1.73. The third kappa shape index (κ3) is 9.55. The van der Waals surface area contributed by atoms with Crippen LogP contribution in [0.25, 0.3) is 0 Å². The Morgan fingerprint density at radius 2 is 1.69 bits per heavy atom. The lowest BCUT2D eigenvalue weighted by atomic mass is 9.93. The van der Waals surface area contributed by atoms with Gasteiger partial charge in [0, 0.05) is 6.04 Å². The molecular weight excluding hydrogens is 416 g/mol. The van der Waals surface area contributed by atoms with Crippen LogP contribution < -0.4 is 10.6 Å². The topological polar surface area (TPSA) is 112 Å². The highest BCUT2D eigenvalue weighted by molar-refractivity contribution is 5.81. The summed E-state index contributed by atoms with van der Waals surface area (Å²) in [5.74, 6) is -0.609. The van der Waals surface area contributed by atoms with E-state index in [0.717, 1.165) is 18.4 Å². The van der Waals surface area contributed by atoms with E-state index in [1.807, 2.05) is 51.1 Å². The van der Waals surface area contributed by atoms with E-state index in [1.54, 1.807) is 0 Å². The second-order valence-corrected chi connectivity index (χ2v) is 8.74. The fourth-order valence-corrected chi connectivity index (χ4v) is 3.30. The Bertz CT molecular complexity index is 740. The number of carbonyl (C=O) groups is 3. The standard InChI is InChI=1S/C23H34N2O7/c1-23(2,3)32-22(28)24-17-10-12-18(13-11-17)30-15-19(20(26)29-4)25-21(27)31-14-16-8-6-5-7-9-16/h5-9,17-19H,10-15H2,1-4H3,(H,24,28)(H,25,27)/t17?,18?,19-/m0/s1. The number of alkyl carbamates (subject to hydrolysis) is 2. The highest BCUT2D eigenvalue weighted by Gasteiger charge is 2.28. The molecule has 2 N–H and O–H groups in total. The van der Waals surface area contributed by atoms with Gasteiger partial charge in [-0.05, 0) is 52.0 Å². The zero-order chi connectivity index (χ0) is 23.6. The van der Waals surface area contributed by atoms with E-state index >= 15 is 0 Å². The van der Waals surface area contributed by atoms with Gasteiger partial charge in [0.05, 0.1) is 19.8 Å². The molecule has 1 aliphatic carbocycles. The Morgan fingerprint density at radius 3 is 2.28 bits per heavy atom. The van der Waals surface area contributed by atoms with Gasteiger partial charge >= 0.3 is 18.2 Å². The highest BCUT2D eigenvalue weighted by atomic mass is 16.6. The van der Waals surface area contributed by atoms with Gasteiger partial charge in [0.1, 0.15) is 12.2 Å². The highest BCUT2D eigenvalue weighted by Crippen LogP contribution is 2.22. The van der Waals surface area contributed by atoms with Gasteiger partial charge < -0.3 is 29.6 Å². The predicted octanol–water partition coefficient (Wildman–Crippen LogP) is 3.31. The number of benzene rings is 1. The fraction of sp³-hybridized carbons (Fsp3) is 0.609. The smallest absolute Gasteiger partial charge is 0.408 e. The number of hydrogen-bond donors (Lipinski definition) is 2. The quantitative estimate of drug-likeness (QED) is 0.462. The molecule has 32 heavy (non-hydrogen) atoms. The average Bonchev–Trinajstić information content (AvgIpc) is 2.75. The second-order valence-electron chi connectivity index (χ2n) is 8.74. The van der Waals surface area contributed by atoms with Crippen LogP contribution in [0, 0.1) is 0 Å². The van der Waals surface area contributed by atoms with Crippen molar-refractivity contribution in [3.05, 3.63) is 35.9 Å². The maximum atomic E-state index is 12.1. The maximum absolute atomic E-state index is 12.1. The zero-order valence-corrected chi connectivity index (χ0v) is 19.2. The number of ether oxygens (including phenoxy) is 4. The number of amides is 2. The van der Waals surface area contributed by atoms with E-state index in [4.69, 9.17) is 18.9 Å². The lowest BCUT2D eigenvalue weighted by molar-refractivity contribution is -0.145. The van der Waals surface area contributed by atoms with Crippen molar-refractivity contribution in [2.45, 2.75) is 76.9 Å². The Morgan fingerprint density at radius 1 is 1.03 bits per heavy atom. The van der Waals surface area contributed by atoms with Crippen LogP contribution in [0.15, 0.2) is 30.3 Å². The molecule has 0 unspecified atom stereocenters. The number of hydrogen-bond acceptors (Lipinski definition) is 7. The van der Waals surface area contributed by atoms with Crippen molar-refractivity contribution in [1.29, 1.82) is 0 Å². The minimum absolute atomic E-state index is 0.0205. The molecule has 1 aromatic carbocycles. The lowest BCUT2D eigenvalue weighted by Crippen LogP contribution is -2.46. The van der Waals surface area contributed by atoms with Crippen LogP contribution in [0.2, 0.25) is 0 Å². The van der Waals surface area contributed by atoms with E-state index in [-0.39, 0.29) is 25.4 Å². The average molecular weight is 451 g/mol. The number of methoxy groups -OCH3 is 1. The summed E-state index contributed by atoms with van der Waals surface area (Å²) in [5, 5.41) is 5.38. The molecule has 1 atom stereocenters. The van der Waals surface area contributed by atoms with Gasteiger partial charge in [0.25, 0.3) is 0 Å². The fourth-order valence-electron chi connectivity index (χ4n) is 3.30. The Hall–Kier alpha value is -2.81. The SMILES string of the molecule is COC(=O)[C@H](COC1CCC(NC(=O)OC(C)(C)C)CC1)NC(=O)OCc1ccccc1. The van der Waals surface area contributed by atoms with Crippen molar-refractivity contribution >= 4 is 18.2 Å². The summed E-state index contributed by atoms with van der Waals surface area (Å²) in [6.45, 7) is 5.53. The van der Waals surface area contributed by atoms with Crippen LogP contribution >= 0.6 is 0 Å². The summed E-state index contributed by atoms with van der Waals surface area (Å²) >= 11 is 0. The van der Waals surface area contributed by atoms with Crippen LogP contribution in [-0.2, 0) is 30.3 Å². The molecule has 0 aliphatic heterocycles. The van der Waals surface area contributed by atoms with E-state index in [1.165, 1.54) is 7.11 Å². The van der Waals surface area contributed by atoms with Gasteiger partial charge in [-0.15, -0.1) is 0 Å². The summed E-state index contributed by atoms with van der Waals surface area (Å²) in [4.78, 5) is 36.1. The molecule has 178 valence electrons. The van der Waals surface area contributed by atoms with Crippen molar-refractivity contribution in [3.63, 3.8) is 0 Å². The normalized spacial score (nSPS) is 19.4. The first-order valence-corrected chi connectivity index (χ1v) is 10.8. The van der Waals surface area contributed by atoms with Crippen LogP contribution in [-0.4, -0.2) is 55.7 Å². The molecule has 1 fully saturated rings. The minimum Gasteiger partial charge on any atom is -0.467 e. The second kappa shape index (κ2) is 12.3. The molecule has 1 aromatic rings. The molecule has 0 heterocycles. The molecule has 0 saturated heterocycles. The number of carbonyl (C=O) groups excluding carboxylic acids is 3. The lowest BCUT2D eigenvalue weighted by Gasteiger charge is -2.30. The number of nitrogens with one attached hydrogen (secondary N) is 2. The van der Waals surface area contributed by atoms with Gasteiger partial charge in [-0.25, -0.2) is 14.4 Å². The van der Waals surface area contributed by atoms with E-state index in [0.29, 0.717) is 12.8 Å². The molecule has 0 radical (unpaired) electrons. The molecule has 2 rings (SSSR count). The summed E-state index contributed by atoms with van der Waals surface area (Å²) in [5.41, 5.74) is 0.299. The van der Waals surface area contributed by atoms with Gasteiger partial charge in [-0.1, -0.05) is 30.3 Å². The molecule has 0 aromatic heterocycles.